The third-order valence-corrected chi connectivity index (χ3v) is 5.07. The van der Waals surface area contributed by atoms with Gasteiger partial charge in [0.25, 0.3) is 0 Å². The highest BCUT2D eigenvalue weighted by Crippen LogP contribution is 2.35. The van der Waals surface area contributed by atoms with Crippen LogP contribution in [-0.4, -0.2) is 68.3 Å². The van der Waals surface area contributed by atoms with Crippen LogP contribution in [0.3, 0.4) is 0 Å². The second-order valence-corrected chi connectivity index (χ2v) is 6.23. The van der Waals surface area contributed by atoms with Gasteiger partial charge < -0.3 is 15.4 Å². The van der Waals surface area contributed by atoms with Crippen LogP contribution >= 0.6 is 0 Å². The molecule has 3 atom stereocenters. The largest absolute Gasteiger partial charge is 0.379 e. The smallest absolute Gasteiger partial charge is 0.0594 e. The molecule has 0 spiro atoms. The predicted molar refractivity (Wildman–Crippen MR) is 72.5 cm³/mol. The molecule has 0 amide bonds. The van der Waals surface area contributed by atoms with Gasteiger partial charge in [-0.25, -0.2) is 0 Å². The molecule has 3 rings (SSSR count). The van der Waals surface area contributed by atoms with Crippen LogP contribution in [-0.2, 0) is 4.74 Å². The normalized spacial score (nSPS) is 38.8. The molecule has 3 unspecified atom stereocenters. The van der Waals surface area contributed by atoms with E-state index < -0.39 is 0 Å². The number of hydrogen-bond acceptors (Lipinski definition) is 4. The van der Waals surface area contributed by atoms with Crippen LogP contribution in [0.25, 0.3) is 0 Å². The maximum absolute atomic E-state index is 6.27. The number of nitrogens with two attached hydrogens (primary N) is 1. The fourth-order valence-electron chi connectivity index (χ4n) is 3.90. The van der Waals surface area contributed by atoms with Crippen molar-refractivity contribution in [2.24, 2.45) is 17.6 Å². The van der Waals surface area contributed by atoms with Crippen LogP contribution in [0.15, 0.2) is 0 Å². The number of ether oxygens (including phenoxy) is 1. The molecular weight excluding hydrogens is 226 g/mol. The summed E-state index contributed by atoms with van der Waals surface area (Å²) >= 11 is 0. The average molecular weight is 253 g/mol. The minimum absolute atomic E-state index is 0.470. The van der Waals surface area contributed by atoms with E-state index in [0.29, 0.717) is 6.04 Å². The first-order chi connectivity index (χ1) is 8.83. The van der Waals surface area contributed by atoms with Crippen LogP contribution in [0.2, 0.25) is 0 Å². The van der Waals surface area contributed by atoms with Crippen LogP contribution < -0.4 is 5.73 Å². The average Bonchev–Trinajstić information content (AvgIpc) is 2.82. The van der Waals surface area contributed by atoms with Crippen molar-refractivity contribution in [3.05, 3.63) is 0 Å². The Labute approximate surface area is 110 Å². The summed E-state index contributed by atoms with van der Waals surface area (Å²) in [6, 6.07) is 0.470. The van der Waals surface area contributed by atoms with E-state index in [2.05, 4.69) is 9.80 Å². The van der Waals surface area contributed by atoms with Gasteiger partial charge in [-0.05, 0) is 24.7 Å². The van der Waals surface area contributed by atoms with Gasteiger partial charge in [-0.2, -0.15) is 0 Å². The van der Waals surface area contributed by atoms with E-state index in [4.69, 9.17) is 10.5 Å². The Bertz CT molecular complexity index is 268. The molecule has 0 aromatic heterocycles. The van der Waals surface area contributed by atoms with Gasteiger partial charge in [0, 0.05) is 45.3 Å². The summed E-state index contributed by atoms with van der Waals surface area (Å²) in [6.07, 6.45) is 4.00. The fraction of sp³-hybridized carbons (Fsp3) is 1.00. The molecule has 2 heterocycles. The van der Waals surface area contributed by atoms with E-state index in [1.54, 1.807) is 0 Å². The van der Waals surface area contributed by atoms with Crippen LogP contribution in [0.4, 0.5) is 0 Å². The van der Waals surface area contributed by atoms with E-state index in [0.717, 1.165) is 38.1 Å². The van der Waals surface area contributed by atoms with Crippen molar-refractivity contribution >= 4 is 0 Å². The molecule has 0 radical (unpaired) electrons. The summed E-state index contributed by atoms with van der Waals surface area (Å²) in [5.74, 6) is 1.67. The summed E-state index contributed by atoms with van der Waals surface area (Å²) in [4.78, 5) is 5.18. The van der Waals surface area contributed by atoms with Crippen molar-refractivity contribution in [2.45, 2.75) is 25.3 Å². The Kier molecular flexibility index (Phi) is 4.19. The van der Waals surface area contributed by atoms with Gasteiger partial charge in [0.1, 0.15) is 0 Å². The molecule has 4 nitrogen and oxygen atoms in total. The monoisotopic (exact) mass is 253 g/mol. The van der Waals surface area contributed by atoms with E-state index in [9.17, 15) is 0 Å². The zero-order valence-corrected chi connectivity index (χ0v) is 11.4. The zero-order valence-electron chi connectivity index (χ0n) is 11.4. The Balaban J connectivity index is 1.44. The number of hydrogen-bond donors (Lipinski definition) is 1. The third-order valence-electron chi connectivity index (χ3n) is 5.07. The summed E-state index contributed by atoms with van der Waals surface area (Å²) in [5, 5.41) is 0. The number of fused-ring (bicyclic) bond motifs is 1. The molecule has 0 aromatic carbocycles. The van der Waals surface area contributed by atoms with Gasteiger partial charge in [0.15, 0.2) is 0 Å². The molecule has 3 fully saturated rings. The van der Waals surface area contributed by atoms with E-state index >= 15 is 0 Å². The molecule has 0 bridgehead atoms. The molecule has 3 aliphatic rings. The number of morpholine rings is 1. The summed E-state index contributed by atoms with van der Waals surface area (Å²) in [5.41, 5.74) is 6.27. The first kappa shape index (κ1) is 12.9. The molecule has 104 valence electrons. The summed E-state index contributed by atoms with van der Waals surface area (Å²) in [7, 11) is 0. The van der Waals surface area contributed by atoms with Gasteiger partial charge in [0.05, 0.1) is 13.2 Å². The minimum atomic E-state index is 0.470. The Morgan fingerprint density at radius 1 is 1.00 bits per heavy atom. The fourth-order valence-corrected chi connectivity index (χ4v) is 3.90. The highest BCUT2D eigenvalue weighted by molar-refractivity contribution is 4.93. The molecule has 1 aliphatic carbocycles. The lowest BCUT2D eigenvalue weighted by Crippen LogP contribution is -2.41. The zero-order chi connectivity index (χ0) is 12.4. The molecule has 2 aliphatic heterocycles. The quantitative estimate of drug-likeness (QED) is 0.789. The lowest BCUT2D eigenvalue weighted by atomic mass is 9.78. The topological polar surface area (TPSA) is 41.7 Å². The van der Waals surface area contributed by atoms with Crippen molar-refractivity contribution < 1.29 is 4.74 Å². The van der Waals surface area contributed by atoms with Gasteiger partial charge in [0.2, 0.25) is 0 Å². The highest BCUT2D eigenvalue weighted by atomic mass is 16.5. The SMILES string of the molecule is NC1CCCC2CN(CCN3CCOCC3)CC12. The Morgan fingerprint density at radius 3 is 2.56 bits per heavy atom. The van der Waals surface area contributed by atoms with Gasteiger partial charge in [-0.15, -0.1) is 0 Å². The Morgan fingerprint density at radius 2 is 1.78 bits per heavy atom. The molecule has 2 N–H and O–H groups in total. The van der Waals surface area contributed by atoms with Crippen molar-refractivity contribution in [3.63, 3.8) is 0 Å². The second-order valence-electron chi connectivity index (χ2n) is 6.23. The molecule has 0 aromatic rings. The predicted octanol–water partition coefficient (Wildman–Crippen LogP) is 0.378. The summed E-state index contributed by atoms with van der Waals surface area (Å²) < 4.78 is 5.39. The standard InChI is InChI=1S/C14H27N3O/c15-14-3-1-2-12-10-17(11-13(12)14)5-4-16-6-8-18-9-7-16/h12-14H,1-11,15H2. The maximum atomic E-state index is 6.27. The summed E-state index contributed by atoms with van der Waals surface area (Å²) in [6.45, 7) is 9.02. The first-order valence-electron chi connectivity index (χ1n) is 7.61. The van der Waals surface area contributed by atoms with Gasteiger partial charge in [-0.1, -0.05) is 6.42 Å². The van der Waals surface area contributed by atoms with Gasteiger partial charge >= 0.3 is 0 Å². The van der Waals surface area contributed by atoms with E-state index in [1.165, 1.54) is 45.4 Å². The second kappa shape index (κ2) is 5.87. The first-order valence-corrected chi connectivity index (χ1v) is 7.61. The van der Waals surface area contributed by atoms with Crippen molar-refractivity contribution in [2.75, 3.05) is 52.5 Å². The molecule has 18 heavy (non-hydrogen) atoms. The lowest BCUT2D eigenvalue weighted by molar-refractivity contribution is 0.0341. The maximum Gasteiger partial charge on any atom is 0.0594 e. The van der Waals surface area contributed by atoms with E-state index in [1.807, 2.05) is 0 Å². The minimum Gasteiger partial charge on any atom is -0.379 e. The van der Waals surface area contributed by atoms with Crippen molar-refractivity contribution in [1.29, 1.82) is 0 Å². The number of rotatable bonds is 3. The van der Waals surface area contributed by atoms with Crippen molar-refractivity contribution in [1.82, 2.24) is 9.80 Å². The number of likely N-dealkylation sites (tertiary alicyclic amines) is 1. The molecule has 1 saturated carbocycles. The number of nitrogens with zero attached hydrogens (tertiary/aromatic N) is 2. The van der Waals surface area contributed by atoms with Gasteiger partial charge in [-0.3, -0.25) is 4.90 Å². The highest BCUT2D eigenvalue weighted by Gasteiger charge is 2.38. The molecule has 4 heteroatoms. The van der Waals surface area contributed by atoms with Crippen LogP contribution in [0.5, 0.6) is 0 Å². The molecule has 2 saturated heterocycles. The Hall–Kier alpha value is -0.160. The van der Waals surface area contributed by atoms with E-state index in [-0.39, 0.29) is 0 Å². The van der Waals surface area contributed by atoms with Crippen LogP contribution in [0.1, 0.15) is 19.3 Å². The van der Waals surface area contributed by atoms with Crippen LogP contribution in [0, 0.1) is 11.8 Å². The van der Waals surface area contributed by atoms with Crippen molar-refractivity contribution in [3.8, 4) is 0 Å². The third kappa shape index (κ3) is 2.87. The molecular formula is C14H27N3O. The lowest BCUT2D eigenvalue weighted by Gasteiger charge is -2.30.